The Morgan fingerprint density at radius 1 is 1.44 bits per heavy atom. The van der Waals surface area contributed by atoms with Gasteiger partial charge in [0.2, 0.25) is 0 Å². The van der Waals surface area contributed by atoms with Crippen LogP contribution in [-0.2, 0) is 4.74 Å². The van der Waals surface area contributed by atoms with Crippen LogP contribution < -0.4 is 5.32 Å². The van der Waals surface area contributed by atoms with Crippen molar-refractivity contribution in [3.8, 4) is 0 Å². The number of halogens is 1. The Hall–Kier alpha value is -0.520. The number of amides is 1. The topological polar surface area (TPSA) is 38.3 Å². The van der Waals surface area contributed by atoms with Crippen LogP contribution in [0.15, 0.2) is 29.2 Å². The Balaban J connectivity index is 2.61. The summed E-state index contributed by atoms with van der Waals surface area (Å²) >= 11 is 5.04. The number of benzene rings is 1. The summed E-state index contributed by atoms with van der Waals surface area (Å²) < 4.78 is 5.09. The molecule has 1 N–H and O–H groups in total. The fourth-order valence-electron chi connectivity index (χ4n) is 1.54. The molecule has 3 nitrogen and oxygen atoms in total. The van der Waals surface area contributed by atoms with Gasteiger partial charge < -0.3 is 10.1 Å². The maximum atomic E-state index is 12.0. The minimum Gasteiger partial charge on any atom is -0.383 e. The number of methoxy groups -OCH3 is 1. The number of alkyl halides is 1. The summed E-state index contributed by atoms with van der Waals surface area (Å²) in [4.78, 5) is 13.2. The number of carbonyl (C=O) groups excluding carboxylic acids is 1. The smallest absolute Gasteiger partial charge is 0.251 e. The highest BCUT2D eigenvalue weighted by atomic mass is 79.9. The van der Waals surface area contributed by atoms with Crippen molar-refractivity contribution in [1.29, 1.82) is 0 Å². The second kappa shape index (κ2) is 8.56. The van der Waals surface area contributed by atoms with E-state index in [1.165, 1.54) is 0 Å². The van der Waals surface area contributed by atoms with E-state index in [0.29, 0.717) is 12.2 Å². The summed E-state index contributed by atoms with van der Waals surface area (Å²) in [5.41, 5.74) is 0.684. The van der Waals surface area contributed by atoms with Gasteiger partial charge >= 0.3 is 0 Å². The molecule has 0 bridgehead atoms. The second-order valence-electron chi connectivity index (χ2n) is 3.83. The molecule has 0 aliphatic carbocycles. The van der Waals surface area contributed by atoms with Crippen molar-refractivity contribution in [2.75, 3.05) is 25.3 Å². The molecular formula is C13H18BrNO2S. The van der Waals surface area contributed by atoms with Gasteiger partial charge in [0, 0.05) is 22.9 Å². The minimum atomic E-state index is -0.0503. The first-order valence-corrected chi connectivity index (χ1v) is 8.05. The lowest BCUT2D eigenvalue weighted by atomic mass is 10.2. The first-order chi connectivity index (χ1) is 8.71. The molecule has 5 heteroatoms. The Kier molecular flexibility index (Phi) is 7.39. The molecular weight excluding hydrogens is 314 g/mol. The van der Waals surface area contributed by atoms with Crippen LogP contribution >= 0.6 is 27.7 Å². The molecule has 0 heterocycles. The Labute approximate surface area is 121 Å². The van der Waals surface area contributed by atoms with E-state index in [-0.39, 0.29) is 11.9 Å². The summed E-state index contributed by atoms with van der Waals surface area (Å²) in [6.45, 7) is 0.528. The van der Waals surface area contributed by atoms with Crippen molar-refractivity contribution in [2.24, 2.45) is 0 Å². The van der Waals surface area contributed by atoms with Crippen molar-refractivity contribution >= 4 is 33.6 Å². The predicted octanol–water partition coefficient (Wildman–Crippen LogP) is 2.94. The van der Waals surface area contributed by atoms with Crippen molar-refractivity contribution < 1.29 is 9.53 Å². The molecule has 0 saturated heterocycles. The lowest BCUT2D eigenvalue weighted by molar-refractivity contribution is 0.0895. The quantitative estimate of drug-likeness (QED) is 0.616. The zero-order valence-electron chi connectivity index (χ0n) is 10.6. The lowest BCUT2D eigenvalue weighted by Crippen LogP contribution is -2.38. The van der Waals surface area contributed by atoms with Crippen LogP contribution in [0.5, 0.6) is 0 Å². The molecule has 0 aliphatic heterocycles. The van der Waals surface area contributed by atoms with Gasteiger partial charge in [0.05, 0.1) is 12.6 Å². The van der Waals surface area contributed by atoms with Gasteiger partial charge in [-0.25, -0.2) is 0 Å². The predicted molar refractivity (Wildman–Crippen MR) is 79.8 cm³/mol. The van der Waals surface area contributed by atoms with Crippen LogP contribution in [0.1, 0.15) is 16.8 Å². The zero-order chi connectivity index (χ0) is 13.4. The van der Waals surface area contributed by atoms with Crippen molar-refractivity contribution in [3.63, 3.8) is 0 Å². The Bertz CT molecular complexity index is 364. The van der Waals surface area contributed by atoms with E-state index in [1.54, 1.807) is 18.9 Å². The van der Waals surface area contributed by atoms with Gasteiger partial charge in [-0.15, -0.1) is 11.8 Å². The third-order valence-corrected chi connectivity index (χ3v) is 3.71. The molecule has 1 atom stereocenters. The number of hydrogen-bond donors (Lipinski definition) is 1. The summed E-state index contributed by atoms with van der Waals surface area (Å²) in [6.07, 6.45) is 2.86. The zero-order valence-corrected chi connectivity index (χ0v) is 13.0. The first kappa shape index (κ1) is 15.5. The molecule has 100 valence electrons. The van der Waals surface area contributed by atoms with Crippen molar-refractivity contribution in [2.45, 2.75) is 17.4 Å². The molecule has 1 aromatic rings. The summed E-state index contributed by atoms with van der Waals surface area (Å²) in [7, 11) is 1.64. The molecule has 0 aromatic heterocycles. The summed E-state index contributed by atoms with van der Waals surface area (Å²) in [5, 5.41) is 3.81. The third-order valence-electron chi connectivity index (χ3n) is 2.51. The molecule has 1 rings (SSSR count). The molecule has 1 amide bonds. The number of hydrogen-bond acceptors (Lipinski definition) is 3. The molecule has 0 spiro atoms. The highest BCUT2D eigenvalue weighted by Gasteiger charge is 2.12. The van der Waals surface area contributed by atoms with E-state index < -0.39 is 0 Å². The van der Waals surface area contributed by atoms with Crippen molar-refractivity contribution in [3.05, 3.63) is 29.8 Å². The highest BCUT2D eigenvalue weighted by Crippen LogP contribution is 2.14. The van der Waals surface area contributed by atoms with E-state index in [1.807, 2.05) is 30.5 Å². The van der Waals surface area contributed by atoms with E-state index in [4.69, 9.17) is 4.74 Å². The maximum Gasteiger partial charge on any atom is 0.251 e. The number of carbonyl (C=O) groups is 1. The number of rotatable bonds is 7. The van der Waals surface area contributed by atoms with Crippen LogP contribution in [0.4, 0.5) is 0 Å². The van der Waals surface area contributed by atoms with E-state index >= 15 is 0 Å². The van der Waals surface area contributed by atoms with Crippen LogP contribution in [0.3, 0.4) is 0 Å². The minimum absolute atomic E-state index is 0.0436. The molecule has 1 aromatic carbocycles. The molecule has 0 aliphatic rings. The summed E-state index contributed by atoms with van der Waals surface area (Å²) in [5.74, 6) is -0.0503. The lowest BCUT2D eigenvalue weighted by Gasteiger charge is -2.16. The van der Waals surface area contributed by atoms with Crippen LogP contribution in [0.2, 0.25) is 0 Å². The van der Waals surface area contributed by atoms with Gasteiger partial charge in [-0.2, -0.15) is 0 Å². The first-order valence-electron chi connectivity index (χ1n) is 5.71. The van der Waals surface area contributed by atoms with E-state index in [9.17, 15) is 4.79 Å². The normalized spacial score (nSPS) is 12.2. The maximum absolute atomic E-state index is 12.0. The third kappa shape index (κ3) is 5.00. The van der Waals surface area contributed by atoms with Crippen LogP contribution in [-0.4, -0.2) is 37.3 Å². The van der Waals surface area contributed by atoms with E-state index in [0.717, 1.165) is 16.6 Å². The largest absolute Gasteiger partial charge is 0.383 e. The van der Waals surface area contributed by atoms with Gasteiger partial charge in [0.25, 0.3) is 5.91 Å². The van der Waals surface area contributed by atoms with Gasteiger partial charge in [-0.1, -0.05) is 15.9 Å². The average molecular weight is 332 g/mol. The van der Waals surface area contributed by atoms with Gasteiger partial charge in [0.1, 0.15) is 0 Å². The molecule has 0 radical (unpaired) electrons. The highest BCUT2D eigenvalue weighted by molar-refractivity contribution is 9.09. The van der Waals surface area contributed by atoms with Crippen molar-refractivity contribution in [1.82, 2.24) is 5.32 Å². The van der Waals surface area contributed by atoms with Gasteiger partial charge in [-0.05, 0) is 36.9 Å². The summed E-state index contributed by atoms with van der Waals surface area (Å²) in [6, 6.07) is 7.64. The van der Waals surface area contributed by atoms with Crippen LogP contribution in [0, 0.1) is 0 Å². The SMILES string of the molecule is COCC(CCBr)NC(=O)c1ccc(SC)cc1. The van der Waals surface area contributed by atoms with Gasteiger partial charge in [-0.3, -0.25) is 4.79 Å². The van der Waals surface area contributed by atoms with E-state index in [2.05, 4.69) is 21.2 Å². The van der Waals surface area contributed by atoms with Gasteiger partial charge in [0.15, 0.2) is 0 Å². The molecule has 0 saturated carbocycles. The standard InChI is InChI=1S/C13H18BrNO2S/c1-17-9-11(7-8-14)15-13(16)10-3-5-12(18-2)6-4-10/h3-6,11H,7-9H2,1-2H3,(H,15,16). The number of thioether (sulfide) groups is 1. The van der Waals surface area contributed by atoms with Crippen LogP contribution in [0.25, 0.3) is 0 Å². The number of ether oxygens (including phenoxy) is 1. The molecule has 1 unspecified atom stereocenters. The Morgan fingerprint density at radius 2 is 2.11 bits per heavy atom. The molecule has 18 heavy (non-hydrogen) atoms. The Morgan fingerprint density at radius 3 is 2.61 bits per heavy atom. The fraction of sp³-hybridized carbons (Fsp3) is 0.462. The average Bonchev–Trinajstić information content (AvgIpc) is 2.39. The fourth-order valence-corrected chi connectivity index (χ4v) is 2.50. The monoisotopic (exact) mass is 331 g/mol. The molecule has 0 fully saturated rings. The number of nitrogens with one attached hydrogen (secondary N) is 1. The second-order valence-corrected chi connectivity index (χ2v) is 5.50.